The van der Waals surface area contributed by atoms with Gasteiger partial charge in [0.25, 0.3) is 5.91 Å². The van der Waals surface area contributed by atoms with E-state index >= 15 is 0 Å². The van der Waals surface area contributed by atoms with Crippen LogP contribution in [0.5, 0.6) is 0 Å². The Balaban J connectivity index is 2.41. The van der Waals surface area contributed by atoms with Gasteiger partial charge in [-0.1, -0.05) is 6.92 Å². The van der Waals surface area contributed by atoms with Gasteiger partial charge in [0.2, 0.25) is 0 Å². The zero-order valence-corrected chi connectivity index (χ0v) is 9.06. The lowest BCUT2D eigenvalue weighted by Crippen LogP contribution is -2.43. The molecule has 13 heavy (non-hydrogen) atoms. The molecular weight excluding hydrogens is 234 g/mol. The van der Waals surface area contributed by atoms with Crippen LogP contribution in [-0.4, -0.2) is 25.2 Å². The highest BCUT2D eigenvalue weighted by Crippen LogP contribution is 2.13. The monoisotopic (exact) mass is 245 g/mol. The fraction of sp³-hybridized carbons (Fsp3) is 0.667. The van der Waals surface area contributed by atoms with Crippen molar-refractivity contribution >= 4 is 21.8 Å². The Hall–Kier alpha value is -0.530. The Morgan fingerprint density at radius 2 is 2.46 bits per heavy atom. The number of nitrogens with one attached hydrogen (secondary N) is 1. The van der Waals surface area contributed by atoms with Gasteiger partial charge in [0.15, 0.2) is 0 Å². The van der Waals surface area contributed by atoms with Crippen LogP contribution < -0.4 is 5.32 Å². The standard InChI is InChI=1S/C9H12BrNO2/c1-7-6-13-5-3-8(7)11-9(12)2-4-10/h7-8H,3,5-6H2,1H3,(H,11,12). The molecule has 1 amide bonds. The van der Waals surface area contributed by atoms with Gasteiger partial charge < -0.3 is 10.1 Å². The number of carbonyl (C=O) groups is 1. The van der Waals surface area contributed by atoms with Crippen molar-refractivity contribution in [3.63, 3.8) is 0 Å². The third kappa shape index (κ3) is 3.37. The Morgan fingerprint density at radius 1 is 1.69 bits per heavy atom. The van der Waals surface area contributed by atoms with Crippen LogP contribution in [0.25, 0.3) is 0 Å². The first-order valence-electron chi connectivity index (χ1n) is 4.24. The molecule has 0 aromatic carbocycles. The molecule has 2 atom stereocenters. The highest BCUT2D eigenvalue weighted by molar-refractivity contribution is 9.12. The number of ether oxygens (including phenoxy) is 1. The second kappa shape index (κ2) is 5.25. The Labute approximate surface area is 86.3 Å². The second-order valence-corrected chi connectivity index (χ2v) is 3.54. The van der Waals surface area contributed by atoms with E-state index in [1.54, 1.807) is 0 Å². The Kier molecular flexibility index (Phi) is 4.26. The number of amides is 1. The molecule has 1 rings (SSSR count). The van der Waals surface area contributed by atoms with Crippen LogP contribution in [0.1, 0.15) is 13.3 Å². The minimum atomic E-state index is -0.226. The van der Waals surface area contributed by atoms with Gasteiger partial charge in [-0.3, -0.25) is 4.79 Å². The van der Waals surface area contributed by atoms with Crippen molar-refractivity contribution in [3.05, 3.63) is 0 Å². The number of carbonyl (C=O) groups excluding carboxylic acids is 1. The summed E-state index contributed by atoms with van der Waals surface area (Å²) in [6.45, 7) is 3.50. The maximum atomic E-state index is 11.1. The van der Waals surface area contributed by atoms with E-state index in [4.69, 9.17) is 4.74 Å². The van der Waals surface area contributed by atoms with E-state index in [-0.39, 0.29) is 11.9 Å². The van der Waals surface area contributed by atoms with E-state index in [0.717, 1.165) is 13.0 Å². The van der Waals surface area contributed by atoms with Crippen molar-refractivity contribution in [2.75, 3.05) is 13.2 Å². The Morgan fingerprint density at radius 3 is 3.08 bits per heavy atom. The molecule has 1 aliphatic heterocycles. The lowest BCUT2D eigenvalue weighted by atomic mass is 9.98. The molecule has 2 unspecified atom stereocenters. The highest BCUT2D eigenvalue weighted by atomic mass is 79.9. The van der Waals surface area contributed by atoms with Crippen molar-refractivity contribution in [2.24, 2.45) is 5.92 Å². The van der Waals surface area contributed by atoms with E-state index in [2.05, 4.69) is 38.9 Å². The summed E-state index contributed by atoms with van der Waals surface area (Å²) in [5, 5.41) is 2.85. The van der Waals surface area contributed by atoms with Gasteiger partial charge in [0.05, 0.1) is 6.61 Å². The third-order valence-corrected chi connectivity index (χ3v) is 2.32. The van der Waals surface area contributed by atoms with E-state index in [0.29, 0.717) is 12.5 Å². The second-order valence-electron chi connectivity index (χ2n) is 3.14. The maximum absolute atomic E-state index is 11.1. The third-order valence-electron chi connectivity index (χ3n) is 2.12. The molecule has 1 N–H and O–H groups in total. The van der Waals surface area contributed by atoms with Crippen LogP contribution in [-0.2, 0) is 9.53 Å². The molecule has 0 radical (unpaired) electrons. The molecule has 3 nitrogen and oxygen atoms in total. The molecule has 1 fully saturated rings. The van der Waals surface area contributed by atoms with Gasteiger partial charge in [0.1, 0.15) is 0 Å². The Bertz CT molecular complexity index is 244. The highest BCUT2D eigenvalue weighted by Gasteiger charge is 2.22. The molecule has 1 heterocycles. The lowest BCUT2D eigenvalue weighted by Gasteiger charge is -2.28. The summed E-state index contributed by atoms with van der Waals surface area (Å²) in [5.74, 6) is 2.53. The molecule has 0 aliphatic carbocycles. The van der Waals surface area contributed by atoms with Crippen LogP contribution in [0.4, 0.5) is 0 Å². The fourth-order valence-corrected chi connectivity index (χ4v) is 1.52. The van der Waals surface area contributed by atoms with E-state index < -0.39 is 0 Å². The first kappa shape index (κ1) is 10.6. The van der Waals surface area contributed by atoms with Crippen molar-refractivity contribution in [1.29, 1.82) is 0 Å². The van der Waals surface area contributed by atoms with E-state index in [1.807, 2.05) is 0 Å². The van der Waals surface area contributed by atoms with Gasteiger partial charge in [-0.2, -0.15) is 0 Å². The molecular formula is C9H12BrNO2. The summed E-state index contributed by atoms with van der Waals surface area (Å²) >= 11 is 2.88. The van der Waals surface area contributed by atoms with Crippen LogP contribution >= 0.6 is 15.9 Å². The van der Waals surface area contributed by atoms with Crippen molar-refractivity contribution in [1.82, 2.24) is 5.32 Å². The first-order chi connectivity index (χ1) is 6.24. The quantitative estimate of drug-likeness (QED) is 0.697. The molecule has 0 saturated carbocycles. The summed E-state index contributed by atoms with van der Waals surface area (Å²) in [7, 11) is 0. The number of hydrogen-bond donors (Lipinski definition) is 1. The molecule has 0 aromatic rings. The average Bonchev–Trinajstić information content (AvgIpc) is 2.09. The predicted molar refractivity (Wildman–Crippen MR) is 53.2 cm³/mol. The predicted octanol–water partition coefficient (Wildman–Crippen LogP) is 0.883. The van der Waals surface area contributed by atoms with Crippen LogP contribution in [0.2, 0.25) is 0 Å². The van der Waals surface area contributed by atoms with Gasteiger partial charge in [-0.05, 0) is 17.2 Å². The van der Waals surface area contributed by atoms with Crippen molar-refractivity contribution in [2.45, 2.75) is 19.4 Å². The molecule has 0 aromatic heterocycles. The summed E-state index contributed by atoms with van der Waals surface area (Å²) in [6, 6.07) is 0.203. The van der Waals surface area contributed by atoms with Crippen LogP contribution in [0.15, 0.2) is 0 Å². The van der Waals surface area contributed by atoms with E-state index in [9.17, 15) is 4.79 Å². The molecule has 0 bridgehead atoms. The molecule has 1 saturated heterocycles. The zero-order chi connectivity index (χ0) is 9.68. The smallest absolute Gasteiger partial charge is 0.296 e. The molecule has 1 aliphatic rings. The largest absolute Gasteiger partial charge is 0.381 e. The molecule has 72 valence electrons. The van der Waals surface area contributed by atoms with Crippen molar-refractivity contribution < 1.29 is 9.53 Å². The molecule has 4 heteroatoms. The van der Waals surface area contributed by atoms with E-state index in [1.165, 1.54) is 0 Å². The summed E-state index contributed by atoms with van der Waals surface area (Å²) in [6.07, 6.45) is 0.872. The van der Waals surface area contributed by atoms with Gasteiger partial charge >= 0.3 is 0 Å². The minimum absolute atomic E-state index is 0.203. The first-order valence-corrected chi connectivity index (χ1v) is 5.03. The lowest BCUT2D eigenvalue weighted by molar-refractivity contribution is -0.117. The van der Waals surface area contributed by atoms with Crippen LogP contribution in [0.3, 0.4) is 0 Å². The SMILES string of the molecule is CC1COCCC1NC(=O)C#CBr. The topological polar surface area (TPSA) is 38.3 Å². The molecule has 0 spiro atoms. The summed E-state index contributed by atoms with van der Waals surface area (Å²) in [5.41, 5.74) is 0. The minimum Gasteiger partial charge on any atom is -0.381 e. The van der Waals surface area contributed by atoms with Gasteiger partial charge in [0, 0.05) is 34.5 Å². The van der Waals surface area contributed by atoms with Crippen LogP contribution in [0, 0.1) is 16.7 Å². The van der Waals surface area contributed by atoms with Gasteiger partial charge in [-0.15, -0.1) is 0 Å². The average molecular weight is 246 g/mol. The van der Waals surface area contributed by atoms with Crippen molar-refractivity contribution in [3.8, 4) is 10.8 Å². The van der Waals surface area contributed by atoms with Gasteiger partial charge in [-0.25, -0.2) is 0 Å². The zero-order valence-electron chi connectivity index (χ0n) is 7.47. The maximum Gasteiger partial charge on any atom is 0.296 e. The normalized spacial score (nSPS) is 27.2. The summed E-state index contributed by atoms with van der Waals surface area (Å²) < 4.78 is 5.26. The number of hydrogen-bond acceptors (Lipinski definition) is 2. The number of halogens is 1. The summed E-state index contributed by atoms with van der Waals surface area (Å²) in [4.78, 5) is 13.5. The fourth-order valence-electron chi connectivity index (χ4n) is 1.34. The number of rotatable bonds is 1.